The van der Waals surface area contributed by atoms with Crippen molar-refractivity contribution in [3.63, 3.8) is 0 Å². The molecular formula is C59H78O4. The molecule has 0 aliphatic heterocycles. The lowest BCUT2D eigenvalue weighted by Crippen LogP contribution is -2.32. The van der Waals surface area contributed by atoms with Crippen LogP contribution >= 0.6 is 0 Å². The Hall–Kier alpha value is -4.96. The average molecular weight is 851 g/mol. The smallest absolute Gasteiger partial charge is 0.128 e. The van der Waals surface area contributed by atoms with Crippen LogP contribution in [0.1, 0.15) is 160 Å². The summed E-state index contributed by atoms with van der Waals surface area (Å²) in [6, 6.07) is 27.0. The number of aryl methyl sites for hydroxylation is 9. The molecular weight excluding hydrogens is 773 g/mol. The Labute approximate surface area is 382 Å². The Morgan fingerprint density at radius 3 is 1.02 bits per heavy atom. The van der Waals surface area contributed by atoms with E-state index in [1.54, 1.807) is 0 Å². The lowest BCUT2D eigenvalue weighted by molar-refractivity contribution is 0.102. The first kappa shape index (κ1) is 49.1. The second-order valence-corrected chi connectivity index (χ2v) is 21.2. The topological polar surface area (TPSA) is 36.9 Å². The number of hydrogen-bond acceptors (Lipinski definition) is 4. The minimum atomic E-state index is -0.579. The fourth-order valence-electron chi connectivity index (χ4n) is 9.02. The van der Waals surface area contributed by atoms with Crippen LogP contribution in [0.2, 0.25) is 0 Å². The van der Waals surface area contributed by atoms with Crippen molar-refractivity contribution in [1.29, 1.82) is 0 Å². The SMILES string of the molecule is C=CCC(C)(C)Oc1c(C)cc(C(C)(C)Oc2c(C)cc(C(C)(C)c3cc(C)c(OC(C)(C)c4cc(C)c(OC(C)(C)Cc5ccc(CC)cc5)c(C)c4)c(C)c3)cc2C)cc1C. The highest BCUT2D eigenvalue weighted by Gasteiger charge is 2.32. The highest BCUT2D eigenvalue weighted by Crippen LogP contribution is 2.43. The largest absolute Gasteiger partial charge is 0.487 e. The normalized spacial score (nSPS) is 12.6. The van der Waals surface area contributed by atoms with Gasteiger partial charge in [0.2, 0.25) is 0 Å². The highest BCUT2D eigenvalue weighted by atomic mass is 16.5. The molecule has 5 rings (SSSR count). The Bertz CT molecular complexity index is 2360. The molecule has 0 N–H and O–H groups in total. The molecule has 0 bridgehead atoms. The van der Waals surface area contributed by atoms with E-state index in [0.717, 1.165) is 97.9 Å². The molecule has 0 atom stereocenters. The molecule has 4 heteroatoms. The molecule has 0 heterocycles. The van der Waals surface area contributed by atoms with Crippen molar-refractivity contribution in [1.82, 2.24) is 0 Å². The first-order chi connectivity index (χ1) is 29.1. The van der Waals surface area contributed by atoms with Gasteiger partial charge in [-0.1, -0.05) is 75.4 Å². The third-order valence-corrected chi connectivity index (χ3v) is 12.8. The summed E-state index contributed by atoms with van der Waals surface area (Å²) in [5.74, 6) is 3.73. The van der Waals surface area contributed by atoms with Crippen LogP contribution < -0.4 is 18.9 Å². The molecule has 0 amide bonds. The standard InChI is InChI=1S/C59H78O4/c1-21-27-55(11,12)60-51-41(7)32-49(33-42(51)8)58(17,18)62-53-37(3)28-47(29-38(53)4)57(15,16)48-30-39(5)54(40(6)31-48)63-59(19,20)50-34-43(9)52(44(10)35-50)61-56(13,14)36-46-25-23-45(22-2)24-26-46/h21,23-26,28-35H,1,22,27,36H2,2-20H3. The average Bonchev–Trinajstić information content (AvgIpc) is 3.17. The Morgan fingerprint density at radius 2 is 0.698 bits per heavy atom. The van der Waals surface area contributed by atoms with E-state index in [1.165, 1.54) is 22.3 Å². The van der Waals surface area contributed by atoms with Gasteiger partial charge in [0.15, 0.2) is 0 Å². The first-order valence-corrected chi connectivity index (χ1v) is 23.0. The Kier molecular flexibility index (Phi) is 14.2. The molecule has 63 heavy (non-hydrogen) atoms. The van der Waals surface area contributed by atoms with Crippen LogP contribution in [0.3, 0.4) is 0 Å². The van der Waals surface area contributed by atoms with Gasteiger partial charge >= 0.3 is 0 Å². The van der Waals surface area contributed by atoms with Crippen LogP contribution in [0.4, 0.5) is 0 Å². The molecule has 338 valence electrons. The maximum Gasteiger partial charge on any atom is 0.128 e. The molecule has 0 aliphatic rings. The molecule has 5 aromatic rings. The van der Waals surface area contributed by atoms with Crippen LogP contribution in [-0.4, -0.2) is 11.2 Å². The summed E-state index contributed by atoms with van der Waals surface area (Å²) >= 11 is 0. The predicted octanol–water partition coefficient (Wildman–Crippen LogP) is 15.8. The van der Waals surface area contributed by atoms with E-state index in [0.29, 0.717) is 0 Å². The van der Waals surface area contributed by atoms with E-state index in [-0.39, 0.29) is 16.6 Å². The van der Waals surface area contributed by atoms with Crippen molar-refractivity contribution in [3.05, 3.63) is 163 Å². The van der Waals surface area contributed by atoms with Crippen LogP contribution in [0, 0.1) is 55.4 Å². The van der Waals surface area contributed by atoms with Gasteiger partial charge in [0, 0.05) is 18.3 Å². The molecule has 5 aromatic carbocycles. The van der Waals surface area contributed by atoms with Crippen LogP contribution in [0.15, 0.2) is 85.5 Å². The molecule has 4 nitrogen and oxygen atoms in total. The second kappa shape index (κ2) is 18.3. The maximum atomic E-state index is 6.99. The van der Waals surface area contributed by atoms with Gasteiger partial charge in [0.1, 0.15) is 45.4 Å². The molecule has 0 saturated heterocycles. The van der Waals surface area contributed by atoms with Gasteiger partial charge in [-0.15, -0.1) is 6.58 Å². The van der Waals surface area contributed by atoms with E-state index in [2.05, 4.69) is 211 Å². The predicted molar refractivity (Wildman–Crippen MR) is 267 cm³/mol. The fourth-order valence-corrected chi connectivity index (χ4v) is 9.02. The van der Waals surface area contributed by atoms with Crippen LogP contribution in [0.25, 0.3) is 0 Å². The molecule has 0 radical (unpaired) electrons. The summed E-state index contributed by atoms with van der Waals surface area (Å²) in [5, 5.41) is 0. The van der Waals surface area contributed by atoms with Gasteiger partial charge in [-0.2, -0.15) is 0 Å². The van der Waals surface area contributed by atoms with Crippen molar-refractivity contribution < 1.29 is 18.9 Å². The Morgan fingerprint density at radius 1 is 0.413 bits per heavy atom. The summed E-state index contributed by atoms with van der Waals surface area (Å²) in [6.45, 7) is 45.1. The van der Waals surface area contributed by atoms with Crippen LogP contribution in [-0.2, 0) is 29.5 Å². The van der Waals surface area contributed by atoms with Crippen molar-refractivity contribution in [2.45, 2.75) is 179 Å². The molecule has 0 aliphatic carbocycles. The zero-order valence-corrected chi connectivity index (χ0v) is 42.5. The summed E-state index contributed by atoms with van der Waals surface area (Å²) in [6.07, 6.45) is 4.56. The number of benzene rings is 5. The van der Waals surface area contributed by atoms with E-state index in [4.69, 9.17) is 18.9 Å². The number of hydrogen-bond donors (Lipinski definition) is 0. The number of rotatable bonds is 17. The molecule has 0 saturated carbocycles. The van der Waals surface area contributed by atoms with Gasteiger partial charge in [0.25, 0.3) is 0 Å². The van der Waals surface area contributed by atoms with E-state index in [1.807, 2.05) is 6.08 Å². The first-order valence-electron chi connectivity index (χ1n) is 23.0. The minimum Gasteiger partial charge on any atom is -0.487 e. The molecule has 0 unspecified atom stereocenters. The Balaban J connectivity index is 1.35. The maximum absolute atomic E-state index is 6.99. The second-order valence-electron chi connectivity index (χ2n) is 21.2. The minimum absolute atomic E-state index is 0.270. The zero-order valence-electron chi connectivity index (χ0n) is 42.5. The van der Waals surface area contributed by atoms with Gasteiger partial charge < -0.3 is 18.9 Å². The van der Waals surface area contributed by atoms with Crippen LogP contribution in [0.5, 0.6) is 23.0 Å². The molecule has 0 aromatic heterocycles. The summed E-state index contributed by atoms with van der Waals surface area (Å²) in [5.41, 5.74) is 14.2. The monoisotopic (exact) mass is 851 g/mol. The van der Waals surface area contributed by atoms with Gasteiger partial charge in [0.05, 0.1) is 0 Å². The summed E-state index contributed by atoms with van der Waals surface area (Å²) < 4.78 is 27.2. The third-order valence-electron chi connectivity index (χ3n) is 12.8. The van der Waals surface area contributed by atoms with Crippen molar-refractivity contribution in [2.24, 2.45) is 0 Å². The zero-order chi connectivity index (χ0) is 47.0. The van der Waals surface area contributed by atoms with Gasteiger partial charge in [-0.05, 0) is 219 Å². The van der Waals surface area contributed by atoms with Gasteiger partial charge in [-0.3, -0.25) is 0 Å². The van der Waals surface area contributed by atoms with Crippen molar-refractivity contribution in [2.75, 3.05) is 0 Å². The molecule has 0 fully saturated rings. The third kappa shape index (κ3) is 11.2. The summed E-state index contributed by atoms with van der Waals surface area (Å²) in [4.78, 5) is 0. The summed E-state index contributed by atoms with van der Waals surface area (Å²) in [7, 11) is 0. The van der Waals surface area contributed by atoms with Gasteiger partial charge in [-0.25, -0.2) is 0 Å². The van der Waals surface area contributed by atoms with E-state index >= 15 is 0 Å². The van der Waals surface area contributed by atoms with E-state index < -0.39 is 11.2 Å². The van der Waals surface area contributed by atoms with Crippen molar-refractivity contribution in [3.8, 4) is 23.0 Å². The highest BCUT2D eigenvalue weighted by molar-refractivity contribution is 5.54. The fraction of sp³-hybridized carbons (Fsp3) is 0.458. The molecule has 0 spiro atoms. The number of ether oxygens (including phenoxy) is 4. The lowest BCUT2D eigenvalue weighted by atomic mass is 9.76. The van der Waals surface area contributed by atoms with Crippen molar-refractivity contribution >= 4 is 0 Å². The van der Waals surface area contributed by atoms with E-state index in [9.17, 15) is 0 Å². The lowest BCUT2D eigenvalue weighted by Gasteiger charge is -2.34. The quantitative estimate of drug-likeness (QED) is 0.0874.